The summed E-state index contributed by atoms with van der Waals surface area (Å²) in [4.78, 5) is 33.8. The number of hydrogen-bond donors (Lipinski definition) is 0. The number of methoxy groups -OCH3 is 2. The van der Waals surface area contributed by atoms with Crippen molar-refractivity contribution in [1.82, 2.24) is 4.57 Å². The van der Waals surface area contributed by atoms with Crippen molar-refractivity contribution in [3.8, 4) is 5.75 Å². The largest absolute Gasteiger partial charge is 0.497 e. The maximum atomic E-state index is 13.6. The van der Waals surface area contributed by atoms with Gasteiger partial charge in [-0.1, -0.05) is 35.6 Å². The average molecular weight is 492 g/mol. The van der Waals surface area contributed by atoms with Gasteiger partial charge in [-0.3, -0.25) is 9.36 Å². The van der Waals surface area contributed by atoms with Gasteiger partial charge in [0.1, 0.15) is 5.75 Å². The van der Waals surface area contributed by atoms with E-state index < -0.39 is 12.0 Å². The Morgan fingerprint density at radius 1 is 1.09 bits per heavy atom. The van der Waals surface area contributed by atoms with Crippen molar-refractivity contribution >= 4 is 29.1 Å². The van der Waals surface area contributed by atoms with Crippen LogP contribution < -0.4 is 24.5 Å². The number of thiazole rings is 1. The number of hydrogen-bond acceptors (Lipinski definition) is 7. The molecule has 0 unspecified atom stereocenters. The molecule has 0 saturated carbocycles. The van der Waals surface area contributed by atoms with Crippen molar-refractivity contribution in [2.45, 2.75) is 26.8 Å². The van der Waals surface area contributed by atoms with Crippen molar-refractivity contribution in [2.24, 2.45) is 4.99 Å². The van der Waals surface area contributed by atoms with Crippen LogP contribution in [0.4, 0.5) is 5.69 Å². The molecular formula is C27H29N3O4S. The van der Waals surface area contributed by atoms with Crippen LogP contribution in [0.2, 0.25) is 0 Å². The lowest BCUT2D eigenvalue weighted by Crippen LogP contribution is -2.39. The lowest BCUT2D eigenvalue weighted by atomic mass is 9.96. The normalized spacial score (nSPS) is 15.5. The molecule has 0 fully saturated rings. The summed E-state index contributed by atoms with van der Waals surface area (Å²) < 4.78 is 12.5. The van der Waals surface area contributed by atoms with E-state index >= 15 is 0 Å². The zero-order valence-electron chi connectivity index (χ0n) is 20.6. The Bertz CT molecular complexity index is 1430. The topological polar surface area (TPSA) is 73.1 Å². The fourth-order valence-corrected chi connectivity index (χ4v) is 5.36. The summed E-state index contributed by atoms with van der Waals surface area (Å²) in [5.41, 5.74) is 3.53. The van der Waals surface area contributed by atoms with Crippen molar-refractivity contribution < 1.29 is 14.3 Å². The Balaban J connectivity index is 1.85. The molecule has 0 bridgehead atoms. The van der Waals surface area contributed by atoms with Gasteiger partial charge in [0.25, 0.3) is 5.56 Å². The molecular weight excluding hydrogens is 462 g/mol. The minimum absolute atomic E-state index is 0.198. The van der Waals surface area contributed by atoms with Crippen molar-refractivity contribution in [2.75, 3.05) is 32.2 Å². The van der Waals surface area contributed by atoms with Crippen LogP contribution in [-0.4, -0.2) is 37.8 Å². The molecule has 0 radical (unpaired) electrons. The van der Waals surface area contributed by atoms with Gasteiger partial charge < -0.3 is 14.4 Å². The van der Waals surface area contributed by atoms with Gasteiger partial charge in [-0.15, -0.1) is 0 Å². The van der Waals surface area contributed by atoms with Crippen LogP contribution in [-0.2, 0) is 9.53 Å². The van der Waals surface area contributed by atoms with Crippen LogP contribution in [0.15, 0.2) is 69.6 Å². The molecule has 35 heavy (non-hydrogen) atoms. The Hall–Kier alpha value is -3.65. The fourth-order valence-electron chi connectivity index (χ4n) is 4.32. The lowest BCUT2D eigenvalue weighted by Gasteiger charge is -2.24. The summed E-state index contributed by atoms with van der Waals surface area (Å²) in [6.45, 7) is 7.89. The van der Waals surface area contributed by atoms with Crippen molar-refractivity contribution in [3.63, 3.8) is 0 Å². The average Bonchev–Trinajstić information content (AvgIpc) is 3.18. The predicted molar refractivity (Wildman–Crippen MR) is 139 cm³/mol. The van der Waals surface area contributed by atoms with Gasteiger partial charge in [-0.2, -0.15) is 0 Å². The highest BCUT2D eigenvalue weighted by Crippen LogP contribution is 2.31. The number of carbonyl (C=O) groups is 1. The summed E-state index contributed by atoms with van der Waals surface area (Å²) in [6, 6.07) is 14.8. The van der Waals surface area contributed by atoms with Gasteiger partial charge in [0.05, 0.1) is 36.1 Å². The van der Waals surface area contributed by atoms with Crippen molar-refractivity contribution in [3.05, 3.63) is 90.6 Å². The Morgan fingerprint density at radius 2 is 1.74 bits per heavy atom. The van der Waals surface area contributed by atoms with Gasteiger partial charge in [-0.25, -0.2) is 9.79 Å². The van der Waals surface area contributed by atoms with E-state index in [9.17, 15) is 9.59 Å². The molecule has 1 aliphatic rings. The summed E-state index contributed by atoms with van der Waals surface area (Å²) in [7, 11) is 2.93. The van der Waals surface area contributed by atoms with Gasteiger partial charge in [-0.05, 0) is 62.2 Å². The zero-order chi connectivity index (χ0) is 25.1. The molecule has 1 atom stereocenters. The molecule has 0 aliphatic carbocycles. The van der Waals surface area contributed by atoms with Gasteiger partial charge in [0.2, 0.25) is 0 Å². The maximum absolute atomic E-state index is 13.6. The first-order chi connectivity index (χ1) is 16.9. The first-order valence-electron chi connectivity index (χ1n) is 11.5. The monoisotopic (exact) mass is 491 g/mol. The molecule has 8 heteroatoms. The number of fused-ring (bicyclic) bond motifs is 1. The Kier molecular flexibility index (Phi) is 7.21. The van der Waals surface area contributed by atoms with Crippen LogP contribution in [0.3, 0.4) is 0 Å². The number of benzene rings is 2. The van der Waals surface area contributed by atoms with E-state index in [0.29, 0.717) is 26.4 Å². The molecule has 3 aromatic rings. The molecule has 7 nitrogen and oxygen atoms in total. The third kappa shape index (κ3) is 4.66. The highest BCUT2D eigenvalue weighted by atomic mass is 32.1. The lowest BCUT2D eigenvalue weighted by molar-refractivity contribution is -0.136. The molecule has 2 aromatic carbocycles. The number of aromatic nitrogens is 1. The highest BCUT2D eigenvalue weighted by Gasteiger charge is 2.33. The van der Waals surface area contributed by atoms with Gasteiger partial charge in [0, 0.05) is 18.8 Å². The summed E-state index contributed by atoms with van der Waals surface area (Å²) in [6.07, 6.45) is 1.87. The quantitative estimate of drug-likeness (QED) is 0.475. The summed E-state index contributed by atoms with van der Waals surface area (Å²) in [5.74, 6) is 0.183. The molecule has 182 valence electrons. The maximum Gasteiger partial charge on any atom is 0.338 e. The first kappa shape index (κ1) is 24.5. The Morgan fingerprint density at radius 3 is 2.31 bits per heavy atom. The number of esters is 1. The second-order valence-electron chi connectivity index (χ2n) is 8.11. The van der Waals surface area contributed by atoms with E-state index in [-0.39, 0.29) is 5.56 Å². The fraction of sp³-hybridized carbons (Fsp3) is 0.296. The number of rotatable bonds is 7. The van der Waals surface area contributed by atoms with E-state index in [1.165, 1.54) is 18.4 Å². The third-order valence-corrected chi connectivity index (χ3v) is 7.16. The van der Waals surface area contributed by atoms with E-state index in [4.69, 9.17) is 9.47 Å². The number of anilines is 1. The van der Waals surface area contributed by atoms with Crippen LogP contribution in [0.1, 0.15) is 37.9 Å². The third-order valence-electron chi connectivity index (χ3n) is 6.18. The van der Waals surface area contributed by atoms with Crippen molar-refractivity contribution in [1.29, 1.82) is 0 Å². The smallest absolute Gasteiger partial charge is 0.338 e. The molecule has 0 saturated heterocycles. The minimum atomic E-state index is -0.642. The van der Waals surface area contributed by atoms with Crippen LogP contribution >= 0.6 is 11.3 Å². The first-order valence-corrected chi connectivity index (χ1v) is 12.3. The molecule has 0 amide bonds. The minimum Gasteiger partial charge on any atom is -0.497 e. The number of allylic oxidation sites excluding steroid dienone is 1. The van der Waals surface area contributed by atoms with Crippen LogP contribution in [0.25, 0.3) is 6.08 Å². The molecule has 4 rings (SSSR count). The molecule has 1 aromatic heterocycles. The second-order valence-corrected chi connectivity index (χ2v) is 9.12. The SMILES string of the molecule is CCN(CC)c1ccc(/C=c2/sc3n(c2=O)[C@H](c2ccc(OC)cc2)C(C(=O)OC)=C(C)N=3)cc1. The second kappa shape index (κ2) is 10.3. The van der Waals surface area contributed by atoms with Crippen LogP contribution in [0, 0.1) is 0 Å². The van der Waals surface area contributed by atoms with Gasteiger partial charge >= 0.3 is 5.97 Å². The van der Waals surface area contributed by atoms with Gasteiger partial charge in [0.15, 0.2) is 4.80 Å². The van der Waals surface area contributed by atoms with E-state index in [0.717, 1.165) is 29.9 Å². The number of ether oxygens (including phenoxy) is 2. The highest BCUT2D eigenvalue weighted by molar-refractivity contribution is 7.07. The van der Waals surface area contributed by atoms with E-state index in [2.05, 4.69) is 35.9 Å². The van der Waals surface area contributed by atoms with E-state index in [1.54, 1.807) is 18.6 Å². The summed E-state index contributed by atoms with van der Waals surface area (Å²) >= 11 is 1.31. The number of nitrogens with zero attached hydrogens (tertiary/aromatic N) is 3. The van der Waals surface area contributed by atoms with E-state index in [1.807, 2.05) is 42.5 Å². The molecule has 1 aliphatic heterocycles. The molecule has 2 heterocycles. The predicted octanol–water partition coefficient (Wildman–Crippen LogP) is 3.26. The Labute approximate surface area is 208 Å². The number of carbonyl (C=O) groups excluding carboxylic acids is 1. The molecule has 0 spiro atoms. The zero-order valence-corrected chi connectivity index (χ0v) is 21.4. The van der Waals surface area contributed by atoms with Crippen LogP contribution in [0.5, 0.6) is 5.75 Å². The summed E-state index contributed by atoms with van der Waals surface area (Å²) in [5, 5.41) is 0. The standard InChI is InChI=1S/C27H29N3O4S/c1-6-29(7-2)20-12-8-18(9-13-20)16-22-25(31)30-24(19-10-14-21(33-4)15-11-19)23(26(32)34-5)17(3)28-27(30)35-22/h8-16,24H,6-7H2,1-5H3/b22-16+/t24-/m1/s1. The molecule has 0 N–H and O–H groups in total.